The fourth-order valence-electron chi connectivity index (χ4n) is 2.28. The van der Waals surface area contributed by atoms with Gasteiger partial charge in [0.25, 0.3) is 10.2 Å². The third-order valence-electron chi connectivity index (χ3n) is 3.45. The van der Waals surface area contributed by atoms with E-state index in [1.54, 1.807) is 7.05 Å². The molecule has 1 aliphatic rings. The van der Waals surface area contributed by atoms with Crippen molar-refractivity contribution in [1.29, 1.82) is 0 Å². The Morgan fingerprint density at radius 2 is 1.81 bits per heavy atom. The Bertz CT molecular complexity index is 572. The quantitative estimate of drug-likeness (QED) is 0.795. The molecule has 118 valence electrons. The first-order valence-corrected chi connectivity index (χ1v) is 8.48. The van der Waals surface area contributed by atoms with E-state index in [-0.39, 0.29) is 12.6 Å². The van der Waals surface area contributed by atoms with Crippen molar-refractivity contribution in [3.8, 4) is 11.5 Å². The first-order chi connectivity index (χ1) is 9.98. The Kier molecular flexibility index (Phi) is 5.08. The molecule has 6 nitrogen and oxygen atoms in total. The van der Waals surface area contributed by atoms with Crippen LogP contribution in [0.5, 0.6) is 11.5 Å². The number of ether oxygens (including phenoxy) is 2. The van der Waals surface area contributed by atoms with E-state index in [2.05, 4.69) is 0 Å². The van der Waals surface area contributed by atoms with Crippen molar-refractivity contribution in [3.63, 3.8) is 0 Å². The van der Waals surface area contributed by atoms with Crippen LogP contribution >= 0.6 is 0 Å². The molecule has 1 unspecified atom stereocenters. The Hall–Kier alpha value is -1.31. The predicted molar refractivity (Wildman–Crippen MR) is 80.8 cm³/mol. The SMILES string of the molecule is CCN(CC)S(=O)(=O)N(C)CC1COc2ccccc2O1. The van der Waals surface area contributed by atoms with Gasteiger partial charge in [0.1, 0.15) is 12.7 Å². The third-order valence-corrected chi connectivity index (χ3v) is 5.56. The summed E-state index contributed by atoms with van der Waals surface area (Å²) in [5.41, 5.74) is 0. The standard InChI is InChI=1S/C14H22N2O4S/c1-4-16(5-2)21(17,18)15(3)10-12-11-19-13-8-6-7-9-14(13)20-12/h6-9,12H,4-5,10-11H2,1-3H3. The summed E-state index contributed by atoms with van der Waals surface area (Å²) in [5, 5.41) is 0. The van der Waals surface area contributed by atoms with E-state index in [1.165, 1.54) is 8.61 Å². The second-order valence-corrected chi connectivity index (χ2v) is 6.91. The Morgan fingerprint density at radius 3 is 2.43 bits per heavy atom. The Balaban J connectivity index is 2.03. The van der Waals surface area contributed by atoms with Crippen LogP contribution in [0.2, 0.25) is 0 Å². The lowest BCUT2D eigenvalue weighted by atomic mass is 10.2. The molecular formula is C14H22N2O4S. The molecule has 0 saturated heterocycles. The maximum atomic E-state index is 12.4. The van der Waals surface area contributed by atoms with Crippen molar-refractivity contribution in [1.82, 2.24) is 8.61 Å². The molecule has 1 aromatic rings. The van der Waals surface area contributed by atoms with Crippen LogP contribution in [0.25, 0.3) is 0 Å². The van der Waals surface area contributed by atoms with Gasteiger partial charge < -0.3 is 9.47 Å². The van der Waals surface area contributed by atoms with E-state index in [0.29, 0.717) is 31.2 Å². The van der Waals surface area contributed by atoms with E-state index in [4.69, 9.17) is 9.47 Å². The van der Waals surface area contributed by atoms with Gasteiger partial charge in [-0.3, -0.25) is 0 Å². The molecule has 21 heavy (non-hydrogen) atoms. The van der Waals surface area contributed by atoms with E-state index in [0.717, 1.165) is 0 Å². The smallest absolute Gasteiger partial charge is 0.281 e. The summed E-state index contributed by atoms with van der Waals surface area (Å²) in [5.74, 6) is 1.35. The normalized spacial score (nSPS) is 18.2. The summed E-state index contributed by atoms with van der Waals surface area (Å²) in [4.78, 5) is 0. The molecule has 0 bridgehead atoms. The number of nitrogens with zero attached hydrogens (tertiary/aromatic N) is 2. The van der Waals surface area contributed by atoms with Gasteiger partial charge in [0, 0.05) is 20.1 Å². The highest BCUT2D eigenvalue weighted by atomic mass is 32.2. The van der Waals surface area contributed by atoms with Crippen LogP contribution in [0.3, 0.4) is 0 Å². The molecule has 2 rings (SSSR count). The van der Waals surface area contributed by atoms with Crippen LogP contribution in [0.15, 0.2) is 24.3 Å². The molecule has 0 spiro atoms. The van der Waals surface area contributed by atoms with Gasteiger partial charge in [-0.05, 0) is 12.1 Å². The average molecular weight is 314 g/mol. The second kappa shape index (κ2) is 6.64. The van der Waals surface area contributed by atoms with Crippen LogP contribution in [-0.4, -0.2) is 56.4 Å². The Morgan fingerprint density at radius 1 is 1.19 bits per heavy atom. The molecular weight excluding hydrogens is 292 g/mol. The summed E-state index contributed by atoms with van der Waals surface area (Å²) in [6, 6.07) is 7.39. The van der Waals surface area contributed by atoms with Crippen molar-refractivity contribution in [3.05, 3.63) is 24.3 Å². The van der Waals surface area contributed by atoms with Gasteiger partial charge in [0.05, 0.1) is 6.54 Å². The van der Waals surface area contributed by atoms with Crippen molar-refractivity contribution < 1.29 is 17.9 Å². The van der Waals surface area contributed by atoms with Crippen molar-refractivity contribution >= 4 is 10.2 Å². The lowest BCUT2D eigenvalue weighted by Gasteiger charge is -2.31. The number of hydrogen-bond donors (Lipinski definition) is 0. The average Bonchev–Trinajstić information content (AvgIpc) is 2.48. The number of benzene rings is 1. The van der Waals surface area contributed by atoms with E-state index in [1.807, 2.05) is 38.1 Å². The fourth-order valence-corrected chi connectivity index (χ4v) is 3.68. The van der Waals surface area contributed by atoms with Gasteiger partial charge in [0.2, 0.25) is 0 Å². The second-order valence-electron chi connectivity index (χ2n) is 4.87. The van der Waals surface area contributed by atoms with E-state index >= 15 is 0 Å². The van der Waals surface area contributed by atoms with Gasteiger partial charge in [-0.25, -0.2) is 0 Å². The van der Waals surface area contributed by atoms with Gasteiger partial charge in [-0.2, -0.15) is 17.0 Å². The van der Waals surface area contributed by atoms with Crippen LogP contribution in [-0.2, 0) is 10.2 Å². The van der Waals surface area contributed by atoms with Crippen molar-refractivity contribution in [2.24, 2.45) is 0 Å². The lowest BCUT2D eigenvalue weighted by molar-refractivity contribution is 0.0788. The number of likely N-dealkylation sites (N-methyl/N-ethyl adjacent to an activating group) is 1. The molecule has 0 aromatic heterocycles. The highest BCUT2D eigenvalue weighted by Crippen LogP contribution is 2.31. The molecule has 1 atom stereocenters. The third kappa shape index (κ3) is 3.48. The largest absolute Gasteiger partial charge is 0.486 e. The molecule has 7 heteroatoms. The molecule has 0 radical (unpaired) electrons. The minimum atomic E-state index is -3.45. The summed E-state index contributed by atoms with van der Waals surface area (Å²) in [7, 11) is -1.88. The topological polar surface area (TPSA) is 59.1 Å². The molecule has 0 saturated carbocycles. The summed E-state index contributed by atoms with van der Waals surface area (Å²) >= 11 is 0. The number of para-hydroxylation sites is 2. The van der Waals surface area contributed by atoms with Gasteiger partial charge in [-0.15, -0.1) is 0 Å². The van der Waals surface area contributed by atoms with Crippen LogP contribution in [0.1, 0.15) is 13.8 Å². The van der Waals surface area contributed by atoms with Gasteiger partial charge in [-0.1, -0.05) is 26.0 Å². The molecule has 0 aliphatic carbocycles. The first-order valence-electron chi connectivity index (χ1n) is 7.09. The zero-order chi connectivity index (χ0) is 15.5. The van der Waals surface area contributed by atoms with Crippen LogP contribution < -0.4 is 9.47 Å². The summed E-state index contributed by atoms with van der Waals surface area (Å²) in [6.07, 6.45) is -0.310. The van der Waals surface area contributed by atoms with Crippen LogP contribution in [0, 0.1) is 0 Å². The summed E-state index contributed by atoms with van der Waals surface area (Å²) < 4.78 is 38.9. The molecule has 0 fully saturated rings. The number of rotatable bonds is 6. The molecule has 0 amide bonds. The fraction of sp³-hybridized carbons (Fsp3) is 0.571. The zero-order valence-electron chi connectivity index (χ0n) is 12.7. The maximum Gasteiger partial charge on any atom is 0.281 e. The van der Waals surface area contributed by atoms with E-state index in [9.17, 15) is 8.42 Å². The zero-order valence-corrected chi connectivity index (χ0v) is 13.5. The van der Waals surface area contributed by atoms with Crippen LogP contribution in [0.4, 0.5) is 0 Å². The summed E-state index contributed by atoms with van der Waals surface area (Å²) in [6.45, 7) is 5.15. The minimum absolute atomic E-state index is 0.257. The van der Waals surface area contributed by atoms with E-state index < -0.39 is 10.2 Å². The first kappa shape index (κ1) is 16.1. The van der Waals surface area contributed by atoms with Crippen molar-refractivity contribution in [2.45, 2.75) is 20.0 Å². The van der Waals surface area contributed by atoms with Gasteiger partial charge >= 0.3 is 0 Å². The minimum Gasteiger partial charge on any atom is -0.486 e. The lowest BCUT2D eigenvalue weighted by Crippen LogP contribution is -2.47. The maximum absolute atomic E-state index is 12.4. The number of fused-ring (bicyclic) bond motifs is 1. The molecule has 1 aliphatic heterocycles. The predicted octanol–water partition coefficient (Wildman–Crippen LogP) is 1.34. The Labute approximate surface area is 126 Å². The van der Waals surface area contributed by atoms with Gasteiger partial charge in [0.15, 0.2) is 11.5 Å². The molecule has 1 heterocycles. The highest BCUT2D eigenvalue weighted by Gasteiger charge is 2.29. The molecule has 0 N–H and O–H groups in total. The molecule has 1 aromatic carbocycles. The number of hydrogen-bond acceptors (Lipinski definition) is 4. The highest BCUT2D eigenvalue weighted by molar-refractivity contribution is 7.86. The monoisotopic (exact) mass is 314 g/mol. The van der Waals surface area contributed by atoms with Crippen molar-refractivity contribution in [2.75, 3.05) is 33.3 Å².